The molecule has 0 spiro atoms. The molecule has 20 heavy (non-hydrogen) atoms. The molecule has 0 N–H and O–H groups in total. The minimum atomic E-state index is 0.221. The van der Waals surface area contributed by atoms with Gasteiger partial charge in [-0.1, -0.05) is 6.92 Å². The van der Waals surface area contributed by atoms with Crippen LogP contribution in [0.5, 0.6) is 0 Å². The van der Waals surface area contributed by atoms with E-state index in [9.17, 15) is 4.79 Å². The predicted molar refractivity (Wildman–Crippen MR) is 77.8 cm³/mol. The highest BCUT2D eigenvalue weighted by molar-refractivity contribution is 5.76. The molecule has 1 amide bonds. The number of carbonyl (C=O) groups is 1. The lowest BCUT2D eigenvalue weighted by Gasteiger charge is -2.26. The average Bonchev–Trinajstić information content (AvgIpc) is 2.50. The van der Waals surface area contributed by atoms with Crippen molar-refractivity contribution in [2.45, 2.75) is 39.0 Å². The maximum atomic E-state index is 11.8. The Morgan fingerprint density at radius 3 is 2.00 bits per heavy atom. The van der Waals surface area contributed by atoms with Crippen LogP contribution in [-0.2, 0) is 19.0 Å². The summed E-state index contributed by atoms with van der Waals surface area (Å²) in [6.45, 7) is 7.55. The van der Waals surface area contributed by atoms with Crippen LogP contribution in [-0.4, -0.2) is 63.5 Å². The molecule has 0 aromatic carbocycles. The summed E-state index contributed by atoms with van der Waals surface area (Å²) >= 11 is 0. The average molecular weight is 287 g/mol. The van der Waals surface area contributed by atoms with Gasteiger partial charge in [0.15, 0.2) is 0 Å². The molecule has 0 aliphatic carbocycles. The minimum Gasteiger partial charge on any atom is -0.379 e. The third-order valence-corrected chi connectivity index (χ3v) is 3.26. The molecule has 1 fully saturated rings. The summed E-state index contributed by atoms with van der Waals surface area (Å²) in [7, 11) is 0. The number of ether oxygens (including phenoxy) is 3. The molecule has 0 radical (unpaired) electrons. The van der Waals surface area contributed by atoms with E-state index >= 15 is 0 Å². The molecule has 1 heterocycles. The van der Waals surface area contributed by atoms with Crippen molar-refractivity contribution in [1.29, 1.82) is 0 Å². The van der Waals surface area contributed by atoms with Gasteiger partial charge < -0.3 is 19.1 Å². The number of rotatable bonds is 11. The highest BCUT2D eigenvalue weighted by Crippen LogP contribution is 2.09. The van der Waals surface area contributed by atoms with Crippen molar-refractivity contribution >= 4 is 5.91 Å². The first-order valence-electron chi connectivity index (χ1n) is 7.85. The van der Waals surface area contributed by atoms with E-state index in [4.69, 9.17) is 14.2 Å². The molecule has 1 saturated heterocycles. The molecular weight excluding hydrogens is 258 g/mol. The lowest BCUT2D eigenvalue weighted by atomic mass is 10.1. The molecule has 0 unspecified atom stereocenters. The SMILES string of the molecule is CCCOCCOCCOCCC(=O)N1CCCCC1. The van der Waals surface area contributed by atoms with Crippen molar-refractivity contribution in [1.82, 2.24) is 4.90 Å². The van der Waals surface area contributed by atoms with Gasteiger partial charge in [0.1, 0.15) is 0 Å². The highest BCUT2D eigenvalue weighted by atomic mass is 16.5. The second kappa shape index (κ2) is 12.1. The molecule has 0 bridgehead atoms. The van der Waals surface area contributed by atoms with Crippen LogP contribution < -0.4 is 0 Å². The lowest BCUT2D eigenvalue weighted by molar-refractivity contribution is -0.133. The maximum Gasteiger partial charge on any atom is 0.224 e. The summed E-state index contributed by atoms with van der Waals surface area (Å²) in [5.74, 6) is 0.221. The largest absolute Gasteiger partial charge is 0.379 e. The first-order valence-corrected chi connectivity index (χ1v) is 7.85. The Morgan fingerprint density at radius 1 is 0.850 bits per heavy atom. The maximum absolute atomic E-state index is 11.8. The summed E-state index contributed by atoms with van der Waals surface area (Å²) in [5, 5.41) is 0. The van der Waals surface area contributed by atoms with Gasteiger partial charge in [-0.25, -0.2) is 0 Å². The van der Waals surface area contributed by atoms with Gasteiger partial charge in [0.05, 0.1) is 39.5 Å². The first-order chi connectivity index (χ1) is 9.84. The first kappa shape index (κ1) is 17.4. The number of hydrogen-bond donors (Lipinski definition) is 0. The third-order valence-electron chi connectivity index (χ3n) is 3.26. The van der Waals surface area contributed by atoms with Crippen LogP contribution in [0.2, 0.25) is 0 Å². The summed E-state index contributed by atoms with van der Waals surface area (Å²) < 4.78 is 16.1. The Hall–Kier alpha value is -0.650. The van der Waals surface area contributed by atoms with E-state index in [1.165, 1.54) is 6.42 Å². The van der Waals surface area contributed by atoms with Crippen molar-refractivity contribution in [3.8, 4) is 0 Å². The molecule has 1 aliphatic rings. The molecule has 0 aromatic rings. The van der Waals surface area contributed by atoms with E-state index in [2.05, 4.69) is 6.92 Å². The fraction of sp³-hybridized carbons (Fsp3) is 0.933. The topological polar surface area (TPSA) is 48.0 Å². The van der Waals surface area contributed by atoms with Crippen LogP contribution in [0.1, 0.15) is 39.0 Å². The van der Waals surface area contributed by atoms with Crippen molar-refractivity contribution in [3.63, 3.8) is 0 Å². The van der Waals surface area contributed by atoms with Crippen LogP contribution in [0.15, 0.2) is 0 Å². The monoisotopic (exact) mass is 287 g/mol. The van der Waals surface area contributed by atoms with E-state index in [-0.39, 0.29) is 5.91 Å². The van der Waals surface area contributed by atoms with Gasteiger partial charge in [-0.3, -0.25) is 4.79 Å². The highest BCUT2D eigenvalue weighted by Gasteiger charge is 2.15. The van der Waals surface area contributed by atoms with Crippen LogP contribution in [0, 0.1) is 0 Å². The second-order valence-electron chi connectivity index (χ2n) is 5.03. The number of likely N-dealkylation sites (tertiary alicyclic amines) is 1. The number of nitrogens with zero attached hydrogens (tertiary/aromatic N) is 1. The normalized spacial score (nSPS) is 15.6. The van der Waals surface area contributed by atoms with Gasteiger partial charge in [-0.05, 0) is 25.7 Å². The van der Waals surface area contributed by atoms with Crippen LogP contribution in [0.3, 0.4) is 0 Å². The van der Waals surface area contributed by atoms with E-state index in [1.54, 1.807) is 0 Å². The van der Waals surface area contributed by atoms with Gasteiger partial charge in [-0.2, -0.15) is 0 Å². The Morgan fingerprint density at radius 2 is 1.40 bits per heavy atom. The van der Waals surface area contributed by atoms with Crippen LogP contribution in [0.25, 0.3) is 0 Å². The van der Waals surface area contributed by atoms with E-state index in [0.29, 0.717) is 39.5 Å². The van der Waals surface area contributed by atoms with Crippen molar-refractivity contribution in [3.05, 3.63) is 0 Å². The smallest absolute Gasteiger partial charge is 0.224 e. The van der Waals surface area contributed by atoms with Gasteiger partial charge in [0.25, 0.3) is 0 Å². The zero-order chi connectivity index (χ0) is 14.5. The second-order valence-corrected chi connectivity index (χ2v) is 5.03. The lowest BCUT2D eigenvalue weighted by Crippen LogP contribution is -2.36. The number of hydrogen-bond acceptors (Lipinski definition) is 4. The molecule has 1 aliphatic heterocycles. The third kappa shape index (κ3) is 8.51. The summed E-state index contributed by atoms with van der Waals surface area (Å²) in [6.07, 6.45) is 5.05. The minimum absolute atomic E-state index is 0.221. The van der Waals surface area contributed by atoms with Crippen LogP contribution >= 0.6 is 0 Å². The Balaban J connectivity index is 1.83. The molecule has 5 nitrogen and oxygen atoms in total. The number of carbonyl (C=O) groups excluding carboxylic acids is 1. The van der Waals surface area contributed by atoms with E-state index < -0.39 is 0 Å². The fourth-order valence-corrected chi connectivity index (χ4v) is 2.15. The molecule has 0 atom stereocenters. The fourth-order valence-electron chi connectivity index (χ4n) is 2.15. The zero-order valence-corrected chi connectivity index (χ0v) is 12.8. The van der Waals surface area contributed by atoms with E-state index in [1.807, 2.05) is 4.90 Å². The molecule has 118 valence electrons. The van der Waals surface area contributed by atoms with E-state index in [0.717, 1.165) is 39.0 Å². The van der Waals surface area contributed by atoms with Crippen molar-refractivity contribution in [2.24, 2.45) is 0 Å². The molecular formula is C15H29NO4. The zero-order valence-electron chi connectivity index (χ0n) is 12.8. The molecule has 0 aromatic heterocycles. The molecule has 0 saturated carbocycles. The summed E-state index contributed by atoms with van der Waals surface area (Å²) in [6, 6.07) is 0. The van der Waals surface area contributed by atoms with Crippen LogP contribution in [0.4, 0.5) is 0 Å². The summed E-state index contributed by atoms with van der Waals surface area (Å²) in [5.41, 5.74) is 0. The van der Waals surface area contributed by atoms with Gasteiger partial charge in [-0.15, -0.1) is 0 Å². The van der Waals surface area contributed by atoms with Crippen molar-refractivity contribution in [2.75, 3.05) is 52.7 Å². The quantitative estimate of drug-likeness (QED) is 0.544. The van der Waals surface area contributed by atoms with Gasteiger partial charge in [0.2, 0.25) is 5.91 Å². The number of piperidine rings is 1. The van der Waals surface area contributed by atoms with Gasteiger partial charge >= 0.3 is 0 Å². The predicted octanol–water partition coefficient (Wildman–Crippen LogP) is 1.85. The molecule has 5 heteroatoms. The van der Waals surface area contributed by atoms with Gasteiger partial charge in [0, 0.05) is 19.7 Å². The number of amides is 1. The summed E-state index contributed by atoms with van der Waals surface area (Å²) in [4.78, 5) is 13.8. The Kier molecular flexibility index (Phi) is 10.5. The van der Waals surface area contributed by atoms with Crippen molar-refractivity contribution < 1.29 is 19.0 Å². The standard InChI is InChI=1S/C15H29NO4/c1-2-9-18-11-13-20-14-12-19-10-6-15(17)16-7-4-3-5-8-16/h2-14H2,1H3. The Bertz CT molecular complexity index is 242. The Labute approximate surface area is 122 Å². The molecule has 1 rings (SSSR count).